The lowest BCUT2D eigenvalue weighted by Gasteiger charge is -2.26. The van der Waals surface area contributed by atoms with Crippen LogP contribution < -0.4 is 5.43 Å². The lowest BCUT2D eigenvalue weighted by atomic mass is 10.1. The summed E-state index contributed by atoms with van der Waals surface area (Å²) in [4.78, 5) is 8.79. The molecule has 3 unspecified atom stereocenters. The second-order valence-electron chi connectivity index (χ2n) is 5.86. The minimum atomic E-state index is -4.21. The topological polar surface area (TPSA) is 40.5 Å². The van der Waals surface area contributed by atoms with Gasteiger partial charge >= 0.3 is 6.18 Å². The molecule has 4 rings (SSSR count). The smallest absolute Gasteiger partial charge is 0.308 e. The largest absolute Gasteiger partial charge is 0.405 e. The van der Waals surface area contributed by atoms with Crippen LogP contribution in [0.1, 0.15) is 12.0 Å². The summed E-state index contributed by atoms with van der Waals surface area (Å²) in [7, 11) is 0. The van der Waals surface area contributed by atoms with Gasteiger partial charge in [0.15, 0.2) is 0 Å². The molecule has 3 heterocycles. The van der Waals surface area contributed by atoms with Crippen molar-refractivity contribution in [2.75, 3.05) is 6.54 Å². The molecular weight excluding hydrogens is 337 g/mol. The van der Waals surface area contributed by atoms with E-state index in [9.17, 15) is 13.2 Å². The van der Waals surface area contributed by atoms with Crippen LogP contribution in [-0.2, 0) is 0 Å². The SMILES string of the molecule is FC(F)(F)C1CCN(C2=CC3SC(c4cccnc4)=NC3C=C2)N1. The number of nitrogens with one attached hydrogen (secondary N) is 1. The fourth-order valence-corrected chi connectivity index (χ4v) is 4.17. The van der Waals surface area contributed by atoms with Gasteiger partial charge in [-0.05, 0) is 30.7 Å². The highest BCUT2D eigenvalue weighted by Crippen LogP contribution is 2.36. The summed E-state index contributed by atoms with van der Waals surface area (Å²) in [5.41, 5.74) is 4.30. The van der Waals surface area contributed by atoms with Crippen molar-refractivity contribution < 1.29 is 13.2 Å². The number of hydrazine groups is 1. The van der Waals surface area contributed by atoms with Crippen molar-refractivity contribution in [3.05, 3.63) is 54.0 Å². The summed E-state index contributed by atoms with van der Waals surface area (Å²) in [6, 6.07) is 2.38. The first kappa shape index (κ1) is 15.7. The zero-order valence-electron chi connectivity index (χ0n) is 12.6. The van der Waals surface area contributed by atoms with Gasteiger partial charge in [0.2, 0.25) is 0 Å². The molecule has 1 fully saturated rings. The summed E-state index contributed by atoms with van der Waals surface area (Å²) in [5, 5.41) is 2.61. The third kappa shape index (κ3) is 2.95. The quantitative estimate of drug-likeness (QED) is 0.889. The van der Waals surface area contributed by atoms with E-state index in [0.29, 0.717) is 6.54 Å². The Morgan fingerprint density at radius 3 is 2.92 bits per heavy atom. The van der Waals surface area contributed by atoms with Gasteiger partial charge in [-0.15, -0.1) is 0 Å². The van der Waals surface area contributed by atoms with E-state index < -0.39 is 12.2 Å². The number of hydrogen-bond acceptors (Lipinski definition) is 5. The Bertz CT molecular complexity index is 714. The molecule has 3 atom stereocenters. The molecule has 8 heteroatoms. The number of aliphatic imine (C=N–C) groups is 1. The van der Waals surface area contributed by atoms with Crippen molar-refractivity contribution in [3.63, 3.8) is 0 Å². The lowest BCUT2D eigenvalue weighted by Crippen LogP contribution is -2.43. The van der Waals surface area contributed by atoms with Gasteiger partial charge in [-0.2, -0.15) is 13.2 Å². The number of fused-ring (bicyclic) bond motifs is 1. The zero-order valence-corrected chi connectivity index (χ0v) is 13.4. The summed E-state index contributed by atoms with van der Waals surface area (Å²) in [6.45, 7) is 0.346. The Morgan fingerprint density at radius 2 is 2.21 bits per heavy atom. The monoisotopic (exact) mass is 352 g/mol. The molecule has 1 aromatic heterocycles. The molecule has 24 heavy (non-hydrogen) atoms. The van der Waals surface area contributed by atoms with E-state index >= 15 is 0 Å². The summed E-state index contributed by atoms with van der Waals surface area (Å²) < 4.78 is 38.4. The van der Waals surface area contributed by atoms with E-state index in [2.05, 4.69) is 15.4 Å². The number of aromatic nitrogens is 1. The number of pyridine rings is 1. The first-order valence-electron chi connectivity index (χ1n) is 7.66. The molecule has 0 amide bonds. The highest BCUT2D eigenvalue weighted by atomic mass is 32.2. The van der Waals surface area contributed by atoms with E-state index in [-0.39, 0.29) is 17.7 Å². The average Bonchev–Trinajstić information content (AvgIpc) is 3.21. The van der Waals surface area contributed by atoms with E-state index in [0.717, 1.165) is 16.3 Å². The molecule has 0 aromatic carbocycles. The van der Waals surface area contributed by atoms with Crippen molar-refractivity contribution in [2.24, 2.45) is 4.99 Å². The third-order valence-corrected chi connectivity index (χ3v) is 5.47. The molecule has 1 saturated heterocycles. The van der Waals surface area contributed by atoms with Gasteiger partial charge in [-0.3, -0.25) is 9.98 Å². The van der Waals surface area contributed by atoms with E-state index in [1.807, 2.05) is 30.4 Å². The molecule has 0 spiro atoms. The molecule has 1 N–H and O–H groups in total. The Balaban J connectivity index is 1.47. The van der Waals surface area contributed by atoms with E-state index in [1.54, 1.807) is 29.2 Å². The van der Waals surface area contributed by atoms with Crippen LogP contribution in [0.15, 0.2) is 53.4 Å². The zero-order chi connectivity index (χ0) is 16.7. The number of alkyl halides is 3. The van der Waals surface area contributed by atoms with Crippen LogP contribution in [0, 0.1) is 0 Å². The Kier molecular flexibility index (Phi) is 3.88. The molecule has 126 valence electrons. The van der Waals surface area contributed by atoms with Crippen molar-refractivity contribution in [1.29, 1.82) is 0 Å². The molecule has 2 aliphatic heterocycles. The maximum absolute atomic E-state index is 12.8. The predicted molar refractivity (Wildman–Crippen MR) is 87.5 cm³/mol. The van der Waals surface area contributed by atoms with Crippen LogP contribution in [0.5, 0.6) is 0 Å². The minimum Gasteiger partial charge on any atom is -0.308 e. The maximum atomic E-state index is 12.8. The number of allylic oxidation sites excluding steroid dienone is 1. The van der Waals surface area contributed by atoms with Crippen LogP contribution >= 0.6 is 11.8 Å². The van der Waals surface area contributed by atoms with Crippen LogP contribution in [-0.4, -0.2) is 45.1 Å². The van der Waals surface area contributed by atoms with Crippen LogP contribution in [0.4, 0.5) is 13.2 Å². The molecule has 1 aliphatic carbocycles. The second kappa shape index (κ2) is 5.93. The summed E-state index contributed by atoms with van der Waals surface area (Å²) >= 11 is 1.62. The van der Waals surface area contributed by atoms with Crippen molar-refractivity contribution in [1.82, 2.24) is 15.4 Å². The predicted octanol–water partition coefficient (Wildman–Crippen LogP) is 2.91. The average molecular weight is 352 g/mol. The second-order valence-corrected chi connectivity index (χ2v) is 7.03. The summed E-state index contributed by atoms with van der Waals surface area (Å²) in [6.07, 6.45) is 5.14. The van der Waals surface area contributed by atoms with E-state index in [1.165, 1.54) is 0 Å². The molecule has 0 bridgehead atoms. The molecule has 3 aliphatic rings. The standard InChI is InChI=1S/C16H15F3N4S/c17-16(18,19)14-5-7-23(22-14)11-3-4-12-13(8-11)24-15(21-12)10-2-1-6-20-9-10/h1-4,6,8-9,12-14,22H,5,7H2. The Morgan fingerprint density at radius 1 is 1.33 bits per heavy atom. The fraction of sp³-hybridized carbons (Fsp3) is 0.375. The molecule has 0 saturated carbocycles. The van der Waals surface area contributed by atoms with E-state index in [4.69, 9.17) is 0 Å². The Hall–Kier alpha value is -1.80. The summed E-state index contributed by atoms with van der Waals surface area (Å²) in [5.74, 6) is 0. The van der Waals surface area contributed by atoms with Gasteiger partial charge in [0.05, 0.1) is 11.3 Å². The van der Waals surface area contributed by atoms with Gasteiger partial charge in [0.1, 0.15) is 11.1 Å². The number of thioether (sulfide) groups is 1. The Labute approximate surface area is 141 Å². The van der Waals surface area contributed by atoms with Crippen molar-refractivity contribution in [3.8, 4) is 0 Å². The third-order valence-electron chi connectivity index (χ3n) is 4.22. The van der Waals surface area contributed by atoms with Gasteiger partial charge in [-0.25, -0.2) is 5.43 Å². The number of hydrogen-bond donors (Lipinski definition) is 1. The molecule has 1 aromatic rings. The normalized spacial score (nSPS) is 29.5. The van der Waals surface area contributed by atoms with Gasteiger partial charge < -0.3 is 5.01 Å². The lowest BCUT2D eigenvalue weighted by molar-refractivity contribution is -0.155. The first-order valence-corrected chi connectivity index (χ1v) is 8.54. The number of rotatable bonds is 2. The number of nitrogens with zero attached hydrogens (tertiary/aromatic N) is 3. The maximum Gasteiger partial charge on any atom is 0.405 e. The fourth-order valence-electron chi connectivity index (χ4n) is 2.97. The van der Waals surface area contributed by atoms with Crippen molar-refractivity contribution in [2.45, 2.75) is 29.9 Å². The van der Waals surface area contributed by atoms with Gasteiger partial charge in [0.25, 0.3) is 0 Å². The first-order chi connectivity index (χ1) is 11.5. The van der Waals surface area contributed by atoms with Crippen molar-refractivity contribution >= 4 is 16.8 Å². The van der Waals surface area contributed by atoms with Crippen LogP contribution in [0.25, 0.3) is 0 Å². The van der Waals surface area contributed by atoms with Crippen LogP contribution in [0.2, 0.25) is 0 Å². The van der Waals surface area contributed by atoms with Gasteiger partial charge in [0, 0.05) is 30.2 Å². The molecule has 4 nitrogen and oxygen atoms in total. The highest BCUT2D eigenvalue weighted by molar-refractivity contribution is 8.15. The minimum absolute atomic E-state index is 0.0231. The molecule has 0 radical (unpaired) electrons. The van der Waals surface area contributed by atoms with Gasteiger partial charge in [-0.1, -0.05) is 17.8 Å². The number of halogens is 3. The highest BCUT2D eigenvalue weighted by Gasteiger charge is 2.44. The molecular formula is C16H15F3N4S. The van der Waals surface area contributed by atoms with Crippen LogP contribution in [0.3, 0.4) is 0 Å².